The van der Waals surface area contributed by atoms with Crippen LogP contribution in [0.3, 0.4) is 0 Å². The van der Waals surface area contributed by atoms with E-state index in [-0.39, 0.29) is 11.9 Å². The first-order chi connectivity index (χ1) is 8.65. The molecular weight excluding hydrogens is 296 g/mol. The van der Waals surface area contributed by atoms with Gasteiger partial charge in [0.05, 0.1) is 12.5 Å². The van der Waals surface area contributed by atoms with Crippen molar-refractivity contribution in [2.45, 2.75) is 31.4 Å². The number of nitrogens with one attached hydrogen (secondary N) is 2. The van der Waals surface area contributed by atoms with E-state index < -0.39 is 6.10 Å². The normalized spacial score (nSPS) is 23.9. The van der Waals surface area contributed by atoms with Crippen LogP contribution < -0.4 is 10.6 Å². The third-order valence-electron chi connectivity index (χ3n) is 3.65. The fourth-order valence-electron chi connectivity index (χ4n) is 2.69. The Balaban J connectivity index is 1.92. The number of benzene rings is 1. The van der Waals surface area contributed by atoms with Crippen molar-refractivity contribution in [1.29, 1.82) is 0 Å². The van der Waals surface area contributed by atoms with Gasteiger partial charge in [0.2, 0.25) is 5.91 Å². The molecule has 2 heterocycles. The average molecular weight is 311 g/mol. The van der Waals surface area contributed by atoms with E-state index >= 15 is 0 Å². The standard InChI is InChI=1S/C13H15BrN2O2/c14-9-6-11-7(5-12(17)16-11)4-8(9)13(18)10-2-1-3-15-10/h4,6,10,13,15,18H,1-3,5H2,(H,16,17). The third kappa shape index (κ3) is 2.06. The molecule has 18 heavy (non-hydrogen) atoms. The van der Waals surface area contributed by atoms with E-state index in [0.717, 1.165) is 40.7 Å². The lowest BCUT2D eigenvalue weighted by molar-refractivity contribution is -0.115. The number of carbonyl (C=O) groups excluding carboxylic acids is 1. The predicted molar refractivity (Wildman–Crippen MR) is 72.5 cm³/mol. The smallest absolute Gasteiger partial charge is 0.228 e. The number of carbonyl (C=O) groups is 1. The van der Waals surface area contributed by atoms with Crippen LogP contribution >= 0.6 is 15.9 Å². The topological polar surface area (TPSA) is 61.4 Å². The summed E-state index contributed by atoms with van der Waals surface area (Å²) in [5.74, 6) is 0.0162. The Labute approximate surface area is 114 Å². The molecule has 2 unspecified atom stereocenters. The molecule has 2 aliphatic rings. The fourth-order valence-corrected chi connectivity index (χ4v) is 3.27. The van der Waals surface area contributed by atoms with E-state index in [2.05, 4.69) is 26.6 Å². The molecule has 0 aromatic heterocycles. The van der Waals surface area contributed by atoms with E-state index in [0.29, 0.717) is 6.42 Å². The maximum absolute atomic E-state index is 11.3. The quantitative estimate of drug-likeness (QED) is 0.779. The highest BCUT2D eigenvalue weighted by atomic mass is 79.9. The highest BCUT2D eigenvalue weighted by Gasteiger charge is 2.28. The van der Waals surface area contributed by atoms with E-state index in [4.69, 9.17) is 0 Å². The Hall–Kier alpha value is -0.910. The maximum atomic E-state index is 11.3. The highest BCUT2D eigenvalue weighted by Crippen LogP contribution is 2.35. The van der Waals surface area contributed by atoms with E-state index in [1.54, 1.807) is 0 Å². The summed E-state index contributed by atoms with van der Waals surface area (Å²) in [6.07, 6.45) is 1.97. The summed E-state index contributed by atoms with van der Waals surface area (Å²) in [6, 6.07) is 3.93. The van der Waals surface area contributed by atoms with Gasteiger partial charge in [-0.3, -0.25) is 4.79 Å². The average Bonchev–Trinajstić information content (AvgIpc) is 2.94. The number of fused-ring (bicyclic) bond motifs is 1. The van der Waals surface area contributed by atoms with Crippen molar-refractivity contribution in [1.82, 2.24) is 5.32 Å². The molecular formula is C13H15BrN2O2. The molecule has 0 bridgehead atoms. The Kier molecular flexibility index (Phi) is 3.13. The van der Waals surface area contributed by atoms with Gasteiger partial charge in [-0.15, -0.1) is 0 Å². The summed E-state index contributed by atoms with van der Waals surface area (Å²) in [5, 5.41) is 16.5. The number of aliphatic hydroxyl groups is 1. The molecule has 0 saturated carbocycles. The molecule has 96 valence electrons. The van der Waals surface area contributed by atoms with E-state index in [1.807, 2.05) is 12.1 Å². The van der Waals surface area contributed by atoms with Crippen LogP contribution in [0.5, 0.6) is 0 Å². The van der Waals surface area contributed by atoms with Crippen LogP contribution in [-0.2, 0) is 11.2 Å². The molecule has 3 rings (SSSR count). The number of halogens is 1. The number of aliphatic hydroxyl groups excluding tert-OH is 1. The van der Waals surface area contributed by atoms with Gasteiger partial charge in [0.15, 0.2) is 0 Å². The van der Waals surface area contributed by atoms with E-state index in [1.165, 1.54) is 0 Å². The molecule has 2 aliphatic heterocycles. The first kappa shape index (κ1) is 12.1. The molecule has 5 heteroatoms. The van der Waals surface area contributed by atoms with Gasteiger partial charge < -0.3 is 15.7 Å². The number of rotatable bonds is 2. The Morgan fingerprint density at radius 1 is 1.44 bits per heavy atom. The van der Waals surface area contributed by atoms with Gasteiger partial charge in [-0.25, -0.2) is 0 Å². The number of hydrogen-bond donors (Lipinski definition) is 3. The summed E-state index contributed by atoms with van der Waals surface area (Å²) in [7, 11) is 0. The van der Waals surface area contributed by atoms with Gasteiger partial charge in [0, 0.05) is 16.2 Å². The zero-order valence-electron chi connectivity index (χ0n) is 9.87. The van der Waals surface area contributed by atoms with Crippen molar-refractivity contribution in [2.75, 3.05) is 11.9 Å². The lowest BCUT2D eigenvalue weighted by atomic mass is 9.98. The highest BCUT2D eigenvalue weighted by molar-refractivity contribution is 9.10. The van der Waals surface area contributed by atoms with Crippen molar-refractivity contribution < 1.29 is 9.90 Å². The third-order valence-corrected chi connectivity index (χ3v) is 4.33. The molecule has 0 radical (unpaired) electrons. The lowest BCUT2D eigenvalue weighted by Crippen LogP contribution is -2.29. The van der Waals surface area contributed by atoms with Crippen molar-refractivity contribution in [2.24, 2.45) is 0 Å². The van der Waals surface area contributed by atoms with Crippen LogP contribution in [-0.4, -0.2) is 23.6 Å². The zero-order chi connectivity index (χ0) is 12.7. The van der Waals surface area contributed by atoms with Gasteiger partial charge in [0.25, 0.3) is 0 Å². The monoisotopic (exact) mass is 310 g/mol. The van der Waals surface area contributed by atoms with Gasteiger partial charge in [-0.2, -0.15) is 0 Å². The maximum Gasteiger partial charge on any atom is 0.228 e. The van der Waals surface area contributed by atoms with Crippen LogP contribution in [0.15, 0.2) is 16.6 Å². The largest absolute Gasteiger partial charge is 0.387 e. The van der Waals surface area contributed by atoms with E-state index in [9.17, 15) is 9.90 Å². The summed E-state index contributed by atoms with van der Waals surface area (Å²) in [6.45, 7) is 0.963. The van der Waals surface area contributed by atoms with Crippen LogP contribution in [0.2, 0.25) is 0 Å². The zero-order valence-corrected chi connectivity index (χ0v) is 11.5. The molecule has 1 aromatic rings. The van der Waals surface area contributed by atoms with Gasteiger partial charge in [0.1, 0.15) is 0 Å². The summed E-state index contributed by atoms with van der Waals surface area (Å²) >= 11 is 3.48. The van der Waals surface area contributed by atoms with Crippen LogP contribution in [0, 0.1) is 0 Å². The van der Waals surface area contributed by atoms with Gasteiger partial charge >= 0.3 is 0 Å². The summed E-state index contributed by atoms with van der Waals surface area (Å²) in [4.78, 5) is 11.3. The minimum Gasteiger partial charge on any atom is -0.387 e. The SMILES string of the molecule is O=C1Cc2cc(C(O)C3CCCN3)c(Br)cc2N1. The van der Waals surface area contributed by atoms with Crippen LogP contribution in [0.1, 0.15) is 30.1 Å². The van der Waals surface area contributed by atoms with Gasteiger partial charge in [-0.05, 0) is 42.6 Å². The number of anilines is 1. The molecule has 4 nitrogen and oxygen atoms in total. The van der Waals surface area contributed by atoms with Crippen molar-refractivity contribution >= 4 is 27.5 Å². The summed E-state index contributed by atoms with van der Waals surface area (Å²) in [5.41, 5.74) is 2.68. The second-order valence-corrected chi connectivity index (χ2v) is 5.76. The van der Waals surface area contributed by atoms with Crippen molar-refractivity contribution in [3.05, 3.63) is 27.7 Å². The summed E-state index contributed by atoms with van der Waals surface area (Å²) < 4.78 is 0.852. The van der Waals surface area contributed by atoms with Crippen LogP contribution in [0.4, 0.5) is 5.69 Å². The molecule has 1 amide bonds. The Morgan fingerprint density at radius 3 is 3.00 bits per heavy atom. The first-order valence-corrected chi connectivity index (χ1v) is 6.98. The number of amides is 1. The van der Waals surface area contributed by atoms with Crippen molar-refractivity contribution in [3.8, 4) is 0 Å². The minimum atomic E-state index is -0.525. The molecule has 1 fully saturated rings. The first-order valence-electron chi connectivity index (χ1n) is 6.19. The van der Waals surface area contributed by atoms with Gasteiger partial charge in [-0.1, -0.05) is 15.9 Å². The molecule has 0 spiro atoms. The molecule has 3 N–H and O–H groups in total. The predicted octanol–water partition coefficient (Wildman–Crippen LogP) is 1.73. The molecule has 2 atom stereocenters. The second-order valence-electron chi connectivity index (χ2n) is 4.90. The molecule has 1 saturated heterocycles. The second kappa shape index (κ2) is 4.64. The molecule has 1 aromatic carbocycles. The fraction of sp³-hybridized carbons (Fsp3) is 0.462. The molecule has 0 aliphatic carbocycles. The minimum absolute atomic E-state index is 0.0162. The Morgan fingerprint density at radius 2 is 2.28 bits per heavy atom. The van der Waals surface area contributed by atoms with Crippen molar-refractivity contribution in [3.63, 3.8) is 0 Å². The lowest BCUT2D eigenvalue weighted by Gasteiger charge is -2.20. The van der Waals surface area contributed by atoms with Crippen LogP contribution in [0.25, 0.3) is 0 Å². The Bertz CT molecular complexity index is 498. The number of hydrogen-bond acceptors (Lipinski definition) is 3.